The predicted molar refractivity (Wildman–Crippen MR) is 142 cm³/mol. The van der Waals surface area contributed by atoms with Crippen LogP contribution in [0.1, 0.15) is 0 Å². The van der Waals surface area contributed by atoms with Crippen LogP contribution in [0.3, 0.4) is 0 Å². The summed E-state index contributed by atoms with van der Waals surface area (Å²) in [5.74, 6) is 1.97. The average Bonchev–Trinajstić information content (AvgIpc) is 2.90. The molecule has 3 heterocycles. The number of hydrogen-bond donors (Lipinski definition) is 3. The third kappa shape index (κ3) is 5.18. The van der Waals surface area contributed by atoms with Crippen LogP contribution in [0.2, 0.25) is 0 Å². The van der Waals surface area contributed by atoms with Gasteiger partial charge in [-0.15, -0.1) is 0 Å². The fraction of sp³-hybridized carbons (Fsp3) is 0.269. The lowest BCUT2D eigenvalue weighted by atomic mass is 10.2. The molecule has 0 bridgehead atoms. The van der Waals surface area contributed by atoms with Crippen molar-refractivity contribution in [2.24, 2.45) is 0 Å². The standard InChI is InChI=1S/C26H29N7O3/c1-32-10-12-33(13-11-32)19-6-4-17(5-7-19)27-23-9-8-22-24(30-23)31-26(34)25(29-22)28-18-14-20(35-2)16-21(15-18)36-3/h4-9,14-16H,10-13H2,1-3H3,(H,28,29)(H2,27,30,31,34). The second-order valence-corrected chi connectivity index (χ2v) is 8.67. The Kier molecular flexibility index (Phi) is 6.59. The molecule has 186 valence electrons. The zero-order valence-electron chi connectivity index (χ0n) is 20.5. The molecule has 0 unspecified atom stereocenters. The van der Waals surface area contributed by atoms with Crippen molar-refractivity contribution in [3.05, 3.63) is 65.0 Å². The van der Waals surface area contributed by atoms with Crippen LogP contribution in [0.25, 0.3) is 11.2 Å². The van der Waals surface area contributed by atoms with Crippen molar-refractivity contribution < 1.29 is 9.47 Å². The Bertz CT molecular complexity index is 1390. The number of anilines is 5. The molecule has 5 rings (SSSR count). The van der Waals surface area contributed by atoms with Crippen molar-refractivity contribution in [3.8, 4) is 11.5 Å². The fourth-order valence-corrected chi connectivity index (χ4v) is 4.11. The molecule has 0 saturated carbocycles. The van der Waals surface area contributed by atoms with Gasteiger partial charge in [-0.2, -0.15) is 0 Å². The van der Waals surface area contributed by atoms with Gasteiger partial charge in [0.05, 0.1) is 14.2 Å². The summed E-state index contributed by atoms with van der Waals surface area (Å²) in [5.41, 5.74) is 3.32. The number of likely N-dealkylation sites (N-methyl/N-ethyl adjacent to an activating group) is 1. The van der Waals surface area contributed by atoms with Gasteiger partial charge in [0, 0.05) is 61.4 Å². The number of piperazine rings is 1. The predicted octanol–water partition coefficient (Wildman–Crippen LogP) is 3.57. The van der Waals surface area contributed by atoms with Crippen LogP contribution >= 0.6 is 0 Å². The molecule has 1 saturated heterocycles. The third-order valence-electron chi connectivity index (χ3n) is 6.18. The maximum Gasteiger partial charge on any atom is 0.292 e. The van der Waals surface area contributed by atoms with E-state index < -0.39 is 0 Å². The minimum Gasteiger partial charge on any atom is -0.497 e. The van der Waals surface area contributed by atoms with Gasteiger partial charge in [0.15, 0.2) is 11.5 Å². The molecule has 0 spiro atoms. The molecule has 10 heteroatoms. The zero-order valence-corrected chi connectivity index (χ0v) is 20.5. The molecular formula is C26H29N7O3. The second-order valence-electron chi connectivity index (χ2n) is 8.67. The summed E-state index contributed by atoms with van der Waals surface area (Å²) in [6.07, 6.45) is 0. The quantitative estimate of drug-likeness (QED) is 0.361. The van der Waals surface area contributed by atoms with Crippen LogP contribution in [-0.2, 0) is 0 Å². The van der Waals surface area contributed by atoms with Gasteiger partial charge in [-0.1, -0.05) is 0 Å². The molecule has 36 heavy (non-hydrogen) atoms. The van der Waals surface area contributed by atoms with Gasteiger partial charge in [0.2, 0.25) is 0 Å². The number of benzene rings is 2. The Labute approximate surface area is 208 Å². The SMILES string of the molecule is COc1cc(Nc2nc3ccc(Nc4ccc(N5CCN(C)CC5)cc4)nc3[nH]c2=O)cc(OC)c1. The number of rotatable bonds is 7. The van der Waals surface area contributed by atoms with E-state index in [1.807, 2.05) is 24.3 Å². The number of aromatic nitrogens is 3. The zero-order chi connectivity index (χ0) is 25.1. The van der Waals surface area contributed by atoms with Crippen molar-refractivity contribution >= 4 is 39.9 Å². The van der Waals surface area contributed by atoms with Crippen LogP contribution in [0, 0.1) is 0 Å². The summed E-state index contributed by atoms with van der Waals surface area (Å²) in [4.78, 5) is 29.3. The number of nitrogens with one attached hydrogen (secondary N) is 3. The molecule has 1 aliphatic rings. The van der Waals surface area contributed by atoms with Crippen molar-refractivity contribution in [1.82, 2.24) is 19.9 Å². The Balaban J connectivity index is 1.32. The van der Waals surface area contributed by atoms with E-state index in [4.69, 9.17) is 9.47 Å². The highest BCUT2D eigenvalue weighted by atomic mass is 16.5. The molecule has 4 aromatic rings. The van der Waals surface area contributed by atoms with Crippen molar-refractivity contribution in [3.63, 3.8) is 0 Å². The minimum atomic E-state index is -0.384. The first-order chi connectivity index (χ1) is 17.5. The number of hydrogen-bond acceptors (Lipinski definition) is 9. The monoisotopic (exact) mass is 487 g/mol. The summed E-state index contributed by atoms with van der Waals surface area (Å²) < 4.78 is 10.6. The van der Waals surface area contributed by atoms with E-state index in [9.17, 15) is 4.79 Å². The minimum absolute atomic E-state index is 0.153. The summed E-state index contributed by atoms with van der Waals surface area (Å²) in [6, 6.07) is 17.2. The fourth-order valence-electron chi connectivity index (χ4n) is 4.11. The Morgan fingerprint density at radius 1 is 0.833 bits per heavy atom. The summed E-state index contributed by atoms with van der Waals surface area (Å²) in [6.45, 7) is 4.19. The highest BCUT2D eigenvalue weighted by Gasteiger charge is 2.14. The lowest BCUT2D eigenvalue weighted by molar-refractivity contribution is 0.313. The molecular weight excluding hydrogens is 458 g/mol. The van der Waals surface area contributed by atoms with Gasteiger partial charge in [-0.25, -0.2) is 9.97 Å². The maximum absolute atomic E-state index is 12.7. The lowest BCUT2D eigenvalue weighted by Crippen LogP contribution is -2.44. The molecule has 2 aromatic carbocycles. The molecule has 1 aliphatic heterocycles. The van der Waals surface area contributed by atoms with Gasteiger partial charge in [-0.3, -0.25) is 4.79 Å². The first-order valence-electron chi connectivity index (χ1n) is 11.7. The van der Waals surface area contributed by atoms with Crippen LogP contribution in [0.4, 0.5) is 28.7 Å². The molecule has 1 fully saturated rings. The number of pyridine rings is 1. The average molecular weight is 488 g/mol. The Morgan fingerprint density at radius 2 is 1.53 bits per heavy atom. The van der Waals surface area contributed by atoms with E-state index in [2.05, 4.69) is 54.6 Å². The summed E-state index contributed by atoms with van der Waals surface area (Å²) in [7, 11) is 5.29. The third-order valence-corrected chi connectivity index (χ3v) is 6.18. The highest BCUT2D eigenvalue weighted by Crippen LogP contribution is 2.27. The Morgan fingerprint density at radius 3 is 2.19 bits per heavy atom. The maximum atomic E-state index is 12.7. The summed E-state index contributed by atoms with van der Waals surface area (Å²) in [5, 5.41) is 6.34. The van der Waals surface area contributed by atoms with Crippen LogP contribution in [-0.4, -0.2) is 67.3 Å². The first-order valence-corrected chi connectivity index (χ1v) is 11.7. The second kappa shape index (κ2) is 10.1. The molecule has 10 nitrogen and oxygen atoms in total. The number of methoxy groups -OCH3 is 2. The first kappa shape index (κ1) is 23.4. The molecule has 0 atom stereocenters. The lowest BCUT2D eigenvalue weighted by Gasteiger charge is -2.34. The molecule has 3 N–H and O–H groups in total. The normalized spacial score (nSPS) is 14.0. The van der Waals surface area contributed by atoms with E-state index in [0.29, 0.717) is 34.2 Å². The van der Waals surface area contributed by atoms with Gasteiger partial charge in [0.25, 0.3) is 5.56 Å². The summed E-state index contributed by atoms with van der Waals surface area (Å²) >= 11 is 0. The Hall–Kier alpha value is -4.31. The van der Waals surface area contributed by atoms with Crippen LogP contribution < -0.4 is 30.6 Å². The molecule has 2 aromatic heterocycles. The number of fused-ring (bicyclic) bond motifs is 1. The smallest absolute Gasteiger partial charge is 0.292 e. The van der Waals surface area contributed by atoms with Crippen molar-refractivity contribution in [2.45, 2.75) is 0 Å². The number of aromatic amines is 1. The van der Waals surface area contributed by atoms with Gasteiger partial charge >= 0.3 is 0 Å². The largest absolute Gasteiger partial charge is 0.497 e. The van der Waals surface area contributed by atoms with Gasteiger partial charge in [0.1, 0.15) is 22.8 Å². The number of ether oxygens (including phenoxy) is 2. The molecule has 0 amide bonds. The highest BCUT2D eigenvalue weighted by molar-refractivity contribution is 5.76. The van der Waals surface area contributed by atoms with Crippen molar-refractivity contribution in [1.29, 1.82) is 0 Å². The van der Waals surface area contributed by atoms with Crippen LogP contribution in [0.15, 0.2) is 59.4 Å². The number of H-pyrrole nitrogens is 1. The van der Waals surface area contributed by atoms with E-state index in [-0.39, 0.29) is 11.4 Å². The molecule has 0 radical (unpaired) electrons. The number of nitrogens with zero attached hydrogens (tertiary/aromatic N) is 4. The van der Waals surface area contributed by atoms with Gasteiger partial charge in [-0.05, 0) is 43.4 Å². The van der Waals surface area contributed by atoms with Gasteiger partial charge < -0.3 is 34.9 Å². The van der Waals surface area contributed by atoms with Crippen molar-refractivity contribution in [2.75, 3.05) is 63.0 Å². The van der Waals surface area contributed by atoms with E-state index in [0.717, 1.165) is 31.9 Å². The van der Waals surface area contributed by atoms with E-state index >= 15 is 0 Å². The van der Waals surface area contributed by atoms with E-state index in [1.165, 1.54) is 5.69 Å². The van der Waals surface area contributed by atoms with Crippen LogP contribution in [0.5, 0.6) is 11.5 Å². The topological polar surface area (TPSA) is 108 Å². The van der Waals surface area contributed by atoms with E-state index in [1.54, 1.807) is 32.4 Å². The molecule has 0 aliphatic carbocycles.